The lowest BCUT2D eigenvalue weighted by molar-refractivity contribution is -0.111. The molecule has 138 valence electrons. The van der Waals surface area contributed by atoms with Gasteiger partial charge in [-0.2, -0.15) is 0 Å². The standard InChI is InChI=1S/C19H12Cl4N2OS/c20-14-5-1-3-11(17(14)22)7-8-16(26)25-19-24-10-13(27-19)9-12-4-2-6-15(21)18(12)23/h1-8,10H,9H2,(H,24,25,26)/b8-7+. The number of nitrogens with one attached hydrogen (secondary N) is 1. The monoisotopic (exact) mass is 456 g/mol. The zero-order valence-corrected chi connectivity index (χ0v) is 17.5. The Bertz CT molecular complexity index is 1020. The first-order valence-electron chi connectivity index (χ1n) is 7.74. The average Bonchev–Trinajstić information content (AvgIpc) is 3.07. The van der Waals surface area contributed by atoms with Gasteiger partial charge in [-0.3, -0.25) is 10.1 Å². The molecule has 0 unspecified atom stereocenters. The summed E-state index contributed by atoms with van der Waals surface area (Å²) in [7, 11) is 0. The summed E-state index contributed by atoms with van der Waals surface area (Å²) >= 11 is 25.7. The lowest BCUT2D eigenvalue weighted by atomic mass is 10.1. The van der Waals surface area contributed by atoms with Gasteiger partial charge in [0.25, 0.3) is 0 Å². The van der Waals surface area contributed by atoms with Crippen molar-refractivity contribution in [1.82, 2.24) is 4.98 Å². The highest BCUT2D eigenvalue weighted by atomic mass is 35.5. The van der Waals surface area contributed by atoms with Crippen LogP contribution in [0.3, 0.4) is 0 Å². The molecule has 0 saturated heterocycles. The highest BCUT2D eigenvalue weighted by Crippen LogP contribution is 2.30. The van der Waals surface area contributed by atoms with Crippen molar-refractivity contribution >= 4 is 74.9 Å². The minimum Gasteiger partial charge on any atom is -0.298 e. The number of thiazole rings is 1. The fourth-order valence-corrected chi connectivity index (χ4v) is 3.88. The second-order valence-electron chi connectivity index (χ2n) is 5.49. The molecule has 1 amide bonds. The summed E-state index contributed by atoms with van der Waals surface area (Å²) < 4.78 is 0. The zero-order valence-electron chi connectivity index (χ0n) is 13.7. The van der Waals surface area contributed by atoms with Crippen molar-refractivity contribution in [3.8, 4) is 0 Å². The van der Waals surface area contributed by atoms with E-state index in [9.17, 15) is 4.79 Å². The Hall–Kier alpha value is -1.56. The van der Waals surface area contributed by atoms with Crippen molar-refractivity contribution in [3.63, 3.8) is 0 Å². The Kier molecular flexibility index (Phi) is 6.79. The molecule has 27 heavy (non-hydrogen) atoms. The van der Waals surface area contributed by atoms with E-state index >= 15 is 0 Å². The van der Waals surface area contributed by atoms with Gasteiger partial charge in [-0.15, -0.1) is 11.3 Å². The van der Waals surface area contributed by atoms with Gasteiger partial charge in [-0.25, -0.2) is 4.98 Å². The molecule has 3 nitrogen and oxygen atoms in total. The van der Waals surface area contributed by atoms with Crippen molar-refractivity contribution in [3.05, 3.63) is 84.8 Å². The Morgan fingerprint density at radius 3 is 2.52 bits per heavy atom. The third-order valence-electron chi connectivity index (χ3n) is 3.58. The molecule has 0 spiro atoms. The quantitative estimate of drug-likeness (QED) is 0.419. The highest BCUT2D eigenvalue weighted by Gasteiger charge is 2.09. The lowest BCUT2D eigenvalue weighted by Crippen LogP contribution is -2.07. The summed E-state index contributed by atoms with van der Waals surface area (Å²) in [5, 5.41) is 5.09. The van der Waals surface area contributed by atoms with E-state index in [-0.39, 0.29) is 5.91 Å². The molecule has 0 radical (unpaired) electrons. The second-order valence-corrected chi connectivity index (χ2v) is 8.17. The fraction of sp³-hybridized carbons (Fsp3) is 0.0526. The van der Waals surface area contributed by atoms with Crippen LogP contribution in [0.1, 0.15) is 16.0 Å². The number of carbonyl (C=O) groups is 1. The van der Waals surface area contributed by atoms with E-state index in [1.54, 1.807) is 36.5 Å². The molecule has 3 aromatic rings. The molecule has 1 N–H and O–H groups in total. The number of carbonyl (C=O) groups excluding carboxylic acids is 1. The minimum atomic E-state index is -0.312. The molecule has 1 heterocycles. The van der Waals surface area contributed by atoms with Gasteiger partial charge in [0.15, 0.2) is 5.13 Å². The molecular weight excluding hydrogens is 446 g/mol. The van der Waals surface area contributed by atoms with Crippen molar-refractivity contribution in [2.75, 3.05) is 5.32 Å². The van der Waals surface area contributed by atoms with Gasteiger partial charge in [0.2, 0.25) is 5.91 Å². The maximum absolute atomic E-state index is 12.1. The van der Waals surface area contributed by atoms with Gasteiger partial charge in [0.1, 0.15) is 0 Å². The van der Waals surface area contributed by atoms with E-state index < -0.39 is 0 Å². The highest BCUT2D eigenvalue weighted by molar-refractivity contribution is 7.15. The van der Waals surface area contributed by atoms with Crippen LogP contribution in [0.2, 0.25) is 20.1 Å². The summed E-state index contributed by atoms with van der Waals surface area (Å²) in [6.07, 6.45) is 5.27. The van der Waals surface area contributed by atoms with Crippen LogP contribution in [0.4, 0.5) is 5.13 Å². The number of hydrogen-bond acceptors (Lipinski definition) is 3. The van der Waals surface area contributed by atoms with Gasteiger partial charge in [0.05, 0.1) is 20.1 Å². The summed E-state index contributed by atoms with van der Waals surface area (Å²) in [6.45, 7) is 0. The maximum Gasteiger partial charge on any atom is 0.250 e. The Morgan fingerprint density at radius 1 is 1.04 bits per heavy atom. The minimum absolute atomic E-state index is 0.312. The van der Waals surface area contributed by atoms with Crippen LogP contribution in [0.25, 0.3) is 6.08 Å². The van der Waals surface area contributed by atoms with E-state index in [0.29, 0.717) is 37.2 Å². The molecule has 8 heteroatoms. The van der Waals surface area contributed by atoms with Crippen LogP contribution >= 0.6 is 57.7 Å². The van der Waals surface area contributed by atoms with Gasteiger partial charge in [-0.05, 0) is 29.3 Å². The van der Waals surface area contributed by atoms with E-state index in [1.165, 1.54) is 17.4 Å². The number of benzene rings is 2. The molecule has 3 rings (SSSR count). The summed E-state index contributed by atoms with van der Waals surface area (Å²) in [4.78, 5) is 17.3. The first-order valence-corrected chi connectivity index (χ1v) is 10.1. The van der Waals surface area contributed by atoms with E-state index in [2.05, 4.69) is 10.3 Å². The first kappa shape index (κ1) is 20.2. The van der Waals surface area contributed by atoms with Crippen molar-refractivity contribution in [2.24, 2.45) is 0 Å². The Balaban J connectivity index is 1.65. The lowest BCUT2D eigenvalue weighted by Gasteiger charge is -2.03. The number of rotatable bonds is 5. The SMILES string of the molecule is O=C(/C=C/c1cccc(Cl)c1Cl)Nc1ncc(Cc2cccc(Cl)c2Cl)s1. The molecule has 0 bridgehead atoms. The molecule has 0 atom stereocenters. The molecule has 0 aliphatic heterocycles. The van der Waals surface area contributed by atoms with Gasteiger partial charge >= 0.3 is 0 Å². The van der Waals surface area contributed by atoms with Crippen LogP contribution in [0.5, 0.6) is 0 Å². The van der Waals surface area contributed by atoms with Gasteiger partial charge in [0, 0.05) is 23.6 Å². The van der Waals surface area contributed by atoms with Crippen LogP contribution in [-0.2, 0) is 11.2 Å². The largest absolute Gasteiger partial charge is 0.298 e. The van der Waals surface area contributed by atoms with Crippen LogP contribution in [0, 0.1) is 0 Å². The van der Waals surface area contributed by atoms with Gasteiger partial charge in [-0.1, -0.05) is 70.7 Å². The molecule has 0 aliphatic rings. The molecular formula is C19H12Cl4N2OS. The average molecular weight is 458 g/mol. The Labute approximate surface area is 180 Å². The number of nitrogens with zero attached hydrogens (tertiary/aromatic N) is 1. The topological polar surface area (TPSA) is 42.0 Å². The van der Waals surface area contributed by atoms with Gasteiger partial charge < -0.3 is 0 Å². The third kappa shape index (κ3) is 5.24. The second kappa shape index (κ2) is 9.09. The van der Waals surface area contributed by atoms with E-state index in [4.69, 9.17) is 46.4 Å². The predicted octanol–water partition coefficient (Wildman–Crippen LogP) is 7.00. The predicted molar refractivity (Wildman–Crippen MR) is 116 cm³/mol. The number of halogens is 4. The van der Waals surface area contributed by atoms with Crippen molar-refractivity contribution in [1.29, 1.82) is 0 Å². The number of aromatic nitrogens is 1. The zero-order chi connectivity index (χ0) is 19.4. The number of anilines is 1. The van der Waals surface area contributed by atoms with Crippen LogP contribution in [0.15, 0.2) is 48.7 Å². The molecule has 0 aliphatic carbocycles. The fourth-order valence-electron chi connectivity index (χ4n) is 2.28. The number of amides is 1. The molecule has 0 fully saturated rings. The number of hydrogen-bond donors (Lipinski definition) is 1. The Morgan fingerprint density at radius 2 is 1.74 bits per heavy atom. The van der Waals surface area contributed by atoms with Crippen LogP contribution < -0.4 is 5.32 Å². The molecule has 0 saturated carbocycles. The third-order valence-corrected chi connectivity index (χ3v) is 6.18. The first-order chi connectivity index (χ1) is 12.9. The smallest absolute Gasteiger partial charge is 0.250 e. The van der Waals surface area contributed by atoms with E-state index in [0.717, 1.165) is 10.4 Å². The van der Waals surface area contributed by atoms with Crippen LogP contribution in [-0.4, -0.2) is 10.9 Å². The maximum atomic E-state index is 12.1. The normalized spacial score (nSPS) is 11.1. The van der Waals surface area contributed by atoms with E-state index in [1.807, 2.05) is 12.1 Å². The summed E-state index contributed by atoms with van der Waals surface area (Å²) in [5.41, 5.74) is 1.57. The summed E-state index contributed by atoms with van der Waals surface area (Å²) in [5.74, 6) is -0.312. The molecule has 1 aromatic heterocycles. The van der Waals surface area contributed by atoms with Crippen molar-refractivity contribution in [2.45, 2.75) is 6.42 Å². The molecule has 2 aromatic carbocycles. The van der Waals surface area contributed by atoms with Crippen molar-refractivity contribution < 1.29 is 4.79 Å². The summed E-state index contributed by atoms with van der Waals surface area (Å²) in [6, 6.07) is 10.7.